The van der Waals surface area contributed by atoms with Gasteiger partial charge in [-0.3, -0.25) is 0 Å². The summed E-state index contributed by atoms with van der Waals surface area (Å²) in [5.74, 6) is -0.260. The summed E-state index contributed by atoms with van der Waals surface area (Å²) in [5, 5.41) is 0. The van der Waals surface area contributed by atoms with Crippen LogP contribution >= 0.6 is 35.3 Å². The molecule has 1 heterocycles. The van der Waals surface area contributed by atoms with Gasteiger partial charge in [0.15, 0.2) is 0 Å². The number of carbonyl (C=O) groups excluding carboxylic acids is 1. The third kappa shape index (κ3) is 4.59. The highest BCUT2D eigenvalue weighted by Gasteiger charge is 2.14. The monoisotopic (exact) mass is 303 g/mol. The number of thiocarbonyl (C=S) groups is 1. The maximum absolute atomic E-state index is 11.5. The summed E-state index contributed by atoms with van der Waals surface area (Å²) in [6.45, 7) is 0. The predicted molar refractivity (Wildman–Crippen MR) is 81.8 cm³/mol. The van der Waals surface area contributed by atoms with Gasteiger partial charge >= 0.3 is 5.97 Å². The van der Waals surface area contributed by atoms with Crippen molar-refractivity contribution in [1.82, 2.24) is 0 Å². The van der Waals surface area contributed by atoms with Crippen molar-refractivity contribution in [3.63, 3.8) is 0 Å². The number of hydrogen-bond acceptors (Lipinski definition) is 5. The van der Waals surface area contributed by atoms with Gasteiger partial charge in [0.2, 0.25) is 0 Å². The molecule has 0 bridgehead atoms. The van der Waals surface area contributed by atoms with E-state index in [2.05, 4.69) is 0 Å². The number of carbonyl (C=O) groups is 1. The van der Waals surface area contributed by atoms with Gasteiger partial charge in [0, 0.05) is 0 Å². The van der Waals surface area contributed by atoms with E-state index < -0.39 is 0 Å². The Bertz CT molecular complexity index is 429. The van der Waals surface area contributed by atoms with E-state index in [9.17, 15) is 4.79 Å². The van der Waals surface area contributed by atoms with Gasteiger partial charge in [-0.25, -0.2) is 4.79 Å². The molecule has 2 N–H and O–H groups in total. The number of thiophene rings is 1. The molecule has 18 heavy (non-hydrogen) atoms. The van der Waals surface area contributed by atoms with Crippen LogP contribution in [0.2, 0.25) is 0 Å². The molecule has 0 fully saturated rings. The molecule has 0 aliphatic carbocycles. The number of nitrogens with two attached hydrogens (primary N) is 1. The Labute approximate surface area is 121 Å². The van der Waals surface area contributed by atoms with E-state index in [1.165, 1.54) is 28.2 Å². The maximum Gasteiger partial charge on any atom is 0.348 e. The molecular weight excluding hydrogens is 286 g/mol. The molecule has 0 amide bonds. The number of hydrogen-bond donors (Lipinski definition) is 1. The third-order valence-electron chi connectivity index (χ3n) is 2.46. The van der Waals surface area contributed by atoms with Crippen LogP contribution < -0.4 is 5.73 Å². The first-order valence-electron chi connectivity index (χ1n) is 5.61. The van der Waals surface area contributed by atoms with Crippen LogP contribution in [0, 0.1) is 0 Å². The first-order valence-corrected chi connectivity index (χ1v) is 8.06. The lowest BCUT2D eigenvalue weighted by Gasteiger charge is -2.01. The number of aryl methyl sites for hydroxylation is 1. The van der Waals surface area contributed by atoms with Crippen LogP contribution in [-0.2, 0) is 11.2 Å². The number of ether oxygens (including phenoxy) is 1. The van der Waals surface area contributed by atoms with Crippen LogP contribution in [0.15, 0.2) is 10.3 Å². The number of rotatable bonds is 7. The summed E-state index contributed by atoms with van der Waals surface area (Å²) in [4.78, 5) is 12.7. The second-order valence-corrected chi connectivity index (χ2v) is 6.44. The fourth-order valence-corrected chi connectivity index (χ4v) is 3.60. The number of unbranched alkanes of at least 4 members (excludes halogenated alkanes) is 1. The lowest BCUT2D eigenvalue weighted by Crippen LogP contribution is -2.06. The first-order chi connectivity index (χ1) is 8.58. The molecular formula is C12H17NO2S3. The van der Waals surface area contributed by atoms with Gasteiger partial charge in [-0.05, 0) is 43.6 Å². The molecule has 6 heteroatoms. The van der Waals surface area contributed by atoms with Gasteiger partial charge in [0.25, 0.3) is 0 Å². The number of thioether (sulfide) groups is 1. The Morgan fingerprint density at radius 3 is 2.83 bits per heavy atom. The van der Waals surface area contributed by atoms with E-state index in [1.807, 2.05) is 12.3 Å². The largest absolute Gasteiger partial charge is 0.465 e. The maximum atomic E-state index is 11.5. The van der Waals surface area contributed by atoms with Gasteiger partial charge in [0.1, 0.15) is 4.88 Å². The lowest BCUT2D eigenvalue weighted by atomic mass is 10.1. The van der Waals surface area contributed by atoms with Crippen molar-refractivity contribution in [3.8, 4) is 0 Å². The van der Waals surface area contributed by atoms with Crippen molar-refractivity contribution in [3.05, 3.63) is 16.5 Å². The molecule has 0 saturated carbocycles. The Kier molecular flexibility index (Phi) is 6.67. The second kappa shape index (κ2) is 7.76. The average Bonchev–Trinajstić information content (AvgIpc) is 2.76. The summed E-state index contributed by atoms with van der Waals surface area (Å²) >= 11 is 8.01. The molecule has 100 valence electrons. The van der Waals surface area contributed by atoms with Gasteiger partial charge in [-0.2, -0.15) is 0 Å². The highest BCUT2D eigenvalue weighted by Crippen LogP contribution is 2.32. The summed E-state index contributed by atoms with van der Waals surface area (Å²) in [6, 6.07) is 1.93. The number of methoxy groups -OCH3 is 1. The van der Waals surface area contributed by atoms with Crippen molar-refractivity contribution in [1.29, 1.82) is 0 Å². The van der Waals surface area contributed by atoms with E-state index in [-0.39, 0.29) is 5.97 Å². The summed E-state index contributed by atoms with van der Waals surface area (Å²) in [6.07, 6.45) is 5.78. The number of esters is 1. The smallest absolute Gasteiger partial charge is 0.348 e. The van der Waals surface area contributed by atoms with E-state index >= 15 is 0 Å². The molecule has 0 aromatic carbocycles. The fourth-order valence-electron chi connectivity index (χ4n) is 1.57. The zero-order chi connectivity index (χ0) is 13.5. The van der Waals surface area contributed by atoms with Crippen molar-refractivity contribution in [2.75, 3.05) is 13.4 Å². The van der Waals surface area contributed by atoms with E-state index in [0.717, 1.165) is 25.7 Å². The lowest BCUT2D eigenvalue weighted by molar-refractivity contribution is 0.0606. The fraction of sp³-hybridized carbons (Fsp3) is 0.500. The van der Waals surface area contributed by atoms with Gasteiger partial charge in [-0.15, -0.1) is 23.1 Å². The minimum absolute atomic E-state index is 0.260. The van der Waals surface area contributed by atoms with Crippen LogP contribution in [0.4, 0.5) is 0 Å². The molecule has 1 aromatic rings. The van der Waals surface area contributed by atoms with Crippen LogP contribution in [0.1, 0.15) is 34.5 Å². The Balaban J connectivity index is 2.61. The Morgan fingerprint density at radius 2 is 2.28 bits per heavy atom. The molecule has 0 radical (unpaired) electrons. The predicted octanol–water partition coefficient (Wildman–Crippen LogP) is 3.26. The minimum atomic E-state index is -0.260. The average molecular weight is 303 g/mol. The molecule has 0 aliphatic heterocycles. The van der Waals surface area contributed by atoms with E-state index in [1.54, 1.807) is 11.8 Å². The summed E-state index contributed by atoms with van der Waals surface area (Å²) in [5.41, 5.74) is 6.68. The van der Waals surface area contributed by atoms with Crippen LogP contribution in [0.5, 0.6) is 0 Å². The molecule has 0 unspecified atom stereocenters. The normalized spacial score (nSPS) is 10.3. The van der Waals surface area contributed by atoms with Crippen molar-refractivity contribution >= 4 is 46.3 Å². The van der Waals surface area contributed by atoms with Crippen LogP contribution in [0.3, 0.4) is 0 Å². The zero-order valence-electron chi connectivity index (χ0n) is 10.5. The van der Waals surface area contributed by atoms with Crippen molar-refractivity contribution in [2.45, 2.75) is 29.9 Å². The van der Waals surface area contributed by atoms with Crippen LogP contribution in [0.25, 0.3) is 0 Å². The molecule has 0 atom stereocenters. The minimum Gasteiger partial charge on any atom is -0.465 e. The highest BCUT2D eigenvalue weighted by atomic mass is 32.2. The molecule has 1 rings (SSSR count). The van der Waals surface area contributed by atoms with Gasteiger partial charge in [-0.1, -0.05) is 12.2 Å². The highest BCUT2D eigenvalue weighted by molar-refractivity contribution is 8.00. The Hall–Kier alpha value is -0.590. The molecule has 0 saturated heterocycles. The summed E-state index contributed by atoms with van der Waals surface area (Å²) in [7, 11) is 1.41. The SMILES string of the molecule is COC(=O)c1cc(CCCCC(N)=S)c(SC)s1. The van der Waals surface area contributed by atoms with Crippen LogP contribution in [-0.4, -0.2) is 24.3 Å². The zero-order valence-corrected chi connectivity index (χ0v) is 13.0. The molecule has 3 nitrogen and oxygen atoms in total. The van der Waals surface area contributed by atoms with E-state index in [4.69, 9.17) is 22.7 Å². The van der Waals surface area contributed by atoms with Gasteiger partial charge in [0.05, 0.1) is 16.3 Å². The third-order valence-corrected chi connectivity index (χ3v) is 5.00. The van der Waals surface area contributed by atoms with Gasteiger partial charge < -0.3 is 10.5 Å². The summed E-state index contributed by atoms with van der Waals surface area (Å²) < 4.78 is 5.92. The molecule has 0 aliphatic rings. The topological polar surface area (TPSA) is 52.3 Å². The Morgan fingerprint density at radius 1 is 1.56 bits per heavy atom. The second-order valence-electron chi connectivity index (χ2n) is 3.79. The standard InChI is InChI=1S/C12H17NO2S3/c1-15-11(14)9-7-8(12(17-2)18-9)5-3-4-6-10(13)16/h7H,3-6H2,1-2H3,(H2,13,16). The quantitative estimate of drug-likeness (QED) is 0.363. The van der Waals surface area contributed by atoms with Crippen molar-refractivity contribution < 1.29 is 9.53 Å². The van der Waals surface area contributed by atoms with E-state index in [0.29, 0.717) is 9.87 Å². The first kappa shape index (κ1) is 15.5. The molecule has 0 spiro atoms. The molecule has 1 aromatic heterocycles. The van der Waals surface area contributed by atoms with Crippen molar-refractivity contribution in [2.24, 2.45) is 5.73 Å².